The fourth-order valence-electron chi connectivity index (χ4n) is 2.28. The number of rotatable bonds is 3. The molecule has 0 atom stereocenters. The second-order valence-corrected chi connectivity index (χ2v) is 5.32. The van der Waals surface area contributed by atoms with Crippen LogP contribution < -0.4 is 4.90 Å². The van der Waals surface area contributed by atoms with E-state index in [0.29, 0.717) is 12.1 Å². The summed E-state index contributed by atoms with van der Waals surface area (Å²) in [5.74, 6) is 0. The van der Waals surface area contributed by atoms with Crippen molar-refractivity contribution in [3.05, 3.63) is 36.0 Å². The van der Waals surface area contributed by atoms with Gasteiger partial charge in [0.25, 0.3) is 0 Å². The molecule has 0 aliphatic rings. The number of nitriles is 1. The molecule has 0 saturated heterocycles. The summed E-state index contributed by atoms with van der Waals surface area (Å²) in [4.78, 5) is 6.19. The molecule has 1 heterocycles. The maximum absolute atomic E-state index is 9.94. The first-order chi connectivity index (χ1) is 8.92. The minimum Gasteiger partial charge on any atom is -0.389 e. The Kier molecular flexibility index (Phi) is 3.41. The van der Waals surface area contributed by atoms with Gasteiger partial charge in [-0.05, 0) is 19.9 Å². The number of likely N-dealkylation sites (N-methyl/N-ethyl adjacent to an activating group) is 1. The summed E-state index contributed by atoms with van der Waals surface area (Å²) in [7, 11) is 1.88. The molecule has 1 aromatic heterocycles. The molecule has 0 bridgehead atoms. The van der Waals surface area contributed by atoms with Gasteiger partial charge in [0.1, 0.15) is 6.07 Å². The van der Waals surface area contributed by atoms with Crippen LogP contribution in [0.2, 0.25) is 0 Å². The first-order valence-corrected chi connectivity index (χ1v) is 6.14. The first kappa shape index (κ1) is 13.3. The molecule has 0 aliphatic heterocycles. The van der Waals surface area contributed by atoms with Gasteiger partial charge in [0.2, 0.25) is 0 Å². The van der Waals surface area contributed by atoms with E-state index >= 15 is 0 Å². The van der Waals surface area contributed by atoms with Gasteiger partial charge in [-0.15, -0.1) is 0 Å². The van der Waals surface area contributed by atoms with E-state index in [4.69, 9.17) is 0 Å². The van der Waals surface area contributed by atoms with Crippen molar-refractivity contribution in [3.63, 3.8) is 0 Å². The molecule has 0 aliphatic carbocycles. The average molecular weight is 255 g/mol. The van der Waals surface area contributed by atoms with Crippen molar-refractivity contribution in [2.24, 2.45) is 0 Å². The molecule has 2 rings (SSSR count). The van der Waals surface area contributed by atoms with Gasteiger partial charge in [-0.25, -0.2) is 0 Å². The fraction of sp³-hybridized carbons (Fsp3) is 0.333. The van der Waals surface area contributed by atoms with Gasteiger partial charge in [-0.3, -0.25) is 4.98 Å². The Morgan fingerprint density at radius 1 is 1.37 bits per heavy atom. The lowest BCUT2D eigenvalue weighted by Gasteiger charge is -2.28. The highest BCUT2D eigenvalue weighted by Crippen LogP contribution is 2.29. The van der Waals surface area contributed by atoms with Crippen molar-refractivity contribution in [1.82, 2.24) is 4.98 Å². The van der Waals surface area contributed by atoms with Gasteiger partial charge in [0.05, 0.1) is 22.4 Å². The van der Waals surface area contributed by atoms with Gasteiger partial charge in [-0.1, -0.05) is 18.2 Å². The standard InChI is InChI=1S/C15H17N3O/c1-15(2,19)10-18(3)14-11(8-16)9-17-13-7-5-4-6-12(13)14/h4-7,9,19H,10H2,1-3H3. The predicted molar refractivity (Wildman–Crippen MR) is 76.0 cm³/mol. The van der Waals surface area contributed by atoms with Crippen LogP contribution in [-0.2, 0) is 0 Å². The molecule has 2 aromatic rings. The van der Waals surface area contributed by atoms with Crippen molar-refractivity contribution in [1.29, 1.82) is 5.26 Å². The maximum atomic E-state index is 9.94. The lowest BCUT2D eigenvalue weighted by molar-refractivity contribution is 0.0886. The van der Waals surface area contributed by atoms with Crippen LogP contribution in [0.5, 0.6) is 0 Å². The molecule has 4 heteroatoms. The van der Waals surface area contributed by atoms with Crippen molar-refractivity contribution in [3.8, 4) is 6.07 Å². The topological polar surface area (TPSA) is 60.1 Å². The highest BCUT2D eigenvalue weighted by atomic mass is 16.3. The molecule has 1 N–H and O–H groups in total. The van der Waals surface area contributed by atoms with Crippen LogP contribution in [0.1, 0.15) is 19.4 Å². The number of anilines is 1. The van der Waals surface area contributed by atoms with Crippen LogP contribution in [-0.4, -0.2) is 29.3 Å². The number of benzene rings is 1. The molecule has 4 nitrogen and oxygen atoms in total. The Bertz CT molecular complexity index is 638. The van der Waals surface area contributed by atoms with E-state index in [1.54, 1.807) is 20.0 Å². The molecule has 98 valence electrons. The van der Waals surface area contributed by atoms with Crippen molar-refractivity contribution < 1.29 is 5.11 Å². The van der Waals surface area contributed by atoms with Crippen molar-refractivity contribution >= 4 is 16.6 Å². The van der Waals surface area contributed by atoms with E-state index in [1.165, 1.54) is 0 Å². The predicted octanol–water partition coefficient (Wildman–Crippen LogP) is 2.31. The Balaban J connectivity index is 2.60. The van der Waals surface area contributed by atoms with Crippen LogP contribution in [0, 0.1) is 11.3 Å². The number of pyridine rings is 1. The Morgan fingerprint density at radius 3 is 2.68 bits per heavy atom. The quantitative estimate of drug-likeness (QED) is 0.914. The summed E-state index contributed by atoms with van der Waals surface area (Å²) in [6, 6.07) is 9.87. The van der Waals surface area contributed by atoms with Crippen LogP contribution in [0.15, 0.2) is 30.5 Å². The van der Waals surface area contributed by atoms with Crippen LogP contribution in [0.3, 0.4) is 0 Å². The van der Waals surface area contributed by atoms with E-state index in [9.17, 15) is 10.4 Å². The lowest BCUT2D eigenvalue weighted by Crippen LogP contribution is -2.36. The summed E-state index contributed by atoms with van der Waals surface area (Å²) in [6.45, 7) is 3.94. The SMILES string of the molecule is CN(CC(C)(C)O)c1c(C#N)cnc2ccccc12. The molecule has 0 amide bonds. The number of aliphatic hydroxyl groups is 1. The van der Waals surface area contributed by atoms with Gasteiger partial charge < -0.3 is 10.0 Å². The number of aromatic nitrogens is 1. The Labute approximate surface area is 112 Å². The maximum Gasteiger partial charge on any atom is 0.103 e. The average Bonchev–Trinajstić information content (AvgIpc) is 2.35. The fourth-order valence-corrected chi connectivity index (χ4v) is 2.28. The zero-order valence-electron chi connectivity index (χ0n) is 11.4. The first-order valence-electron chi connectivity index (χ1n) is 6.14. The molecular weight excluding hydrogens is 238 g/mol. The van der Waals surface area contributed by atoms with E-state index in [1.807, 2.05) is 36.2 Å². The van der Waals surface area contributed by atoms with E-state index in [-0.39, 0.29) is 0 Å². The molecule has 0 fully saturated rings. The van der Waals surface area contributed by atoms with Crippen LogP contribution in [0.4, 0.5) is 5.69 Å². The van der Waals surface area contributed by atoms with Gasteiger partial charge in [0.15, 0.2) is 0 Å². The van der Waals surface area contributed by atoms with E-state index < -0.39 is 5.60 Å². The van der Waals surface area contributed by atoms with Crippen molar-refractivity contribution in [2.75, 3.05) is 18.5 Å². The highest BCUT2D eigenvalue weighted by Gasteiger charge is 2.19. The second kappa shape index (κ2) is 4.87. The molecule has 0 unspecified atom stereocenters. The number of para-hydroxylation sites is 1. The van der Waals surface area contributed by atoms with E-state index in [2.05, 4.69) is 11.1 Å². The van der Waals surface area contributed by atoms with Gasteiger partial charge in [-0.2, -0.15) is 5.26 Å². The third kappa shape index (κ3) is 2.83. The Morgan fingerprint density at radius 2 is 2.05 bits per heavy atom. The third-order valence-corrected chi connectivity index (χ3v) is 2.87. The lowest BCUT2D eigenvalue weighted by atomic mass is 10.1. The summed E-state index contributed by atoms with van der Waals surface area (Å²) < 4.78 is 0. The molecule has 1 aromatic carbocycles. The van der Waals surface area contributed by atoms with Crippen LogP contribution >= 0.6 is 0 Å². The monoisotopic (exact) mass is 255 g/mol. The van der Waals surface area contributed by atoms with Crippen LogP contribution in [0.25, 0.3) is 10.9 Å². The molecule has 19 heavy (non-hydrogen) atoms. The van der Waals surface area contributed by atoms with Crippen molar-refractivity contribution in [2.45, 2.75) is 19.4 Å². The number of nitrogens with zero attached hydrogens (tertiary/aromatic N) is 3. The largest absolute Gasteiger partial charge is 0.389 e. The summed E-state index contributed by atoms with van der Waals surface area (Å²) >= 11 is 0. The molecule has 0 saturated carbocycles. The van der Waals surface area contributed by atoms with Gasteiger partial charge in [0, 0.05) is 25.2 Å². The molecule has 0 radical (unpaired) electrons. The van der Waals surface area contributed by atoms with E-state index in [0.717, 1.165) is 16.6 Å². The van der Waals surface area contributed by atoms with Gasteiger partial charge >= 0.3 is 0 Å². The number of hydrogen-bond acceptors (Lipinski definition) is 4. The smallest absolute Gasteiger partial charge is 0.103 e. The normalized spacial score (nSPS) is 11.3. The number of hydrogen-bond donors (Lipinski definition) is 1. The minimum absolute atomic E-state index is 0.440. The summed E-state index contributed by atoms with van der Waals surface area (Å²) in [5.41, 5.74) is 1.35. The molecular formula is C15H17N3O. The highest BCUT2D eigenvalue weighted by molar-refractivity contribution is 5.94. The third-order valence-electron chi connectivity index (χ3n) is 2.87. The minimum atomic E-state index is -0.828. The zero-order valence-corrected chi connectivity index (χ0v) is 11.4. The Hall–Kier alpha value is -2.12. The number of fused-ring (bicyclic) bond motifs is 1. The second-order valence-electron chi connectivity index (χ2n) is 5.32. The molecule has 0 spiro atoms. The summed E-state index contributed by atoms with van der Waals surface area (Å²) in [6.07, 6.45) is 1.58. The summed E-state index contributed by atoms with van der Waals surface area (Å²) in [5, 5.41) is 20.1. The zero-order chi connectivity index (χ0) is 14.0.